The van der Waals surface area contributed by atoms with Gasteiger partial charge in [-0.05, 0) is 23.8 Å². The number of carbonyl (C=O) groups is 1. The smallest absolute Gasteiger partial charge is 0.187 e. The van der Waals surface area contributed by atoms with E-state index in [-0.39, 0.29) is 17.6 Å². The summed E-state index contributed by atoms with van der Waals surface area (Å²) in [5.74, 6) is 0.00251. The van der Waals surface area contributed by atoms with Gasteiger partial charge in [-0.3, -0.25) is 9.89 Å². The summed E-state index contributed by atoms with van der Waals surface area (Å²) in [7, 11) is 0. The second-order valence-corrected chi connectivity index (χ2v) is 8.44. The molecule has 130 valence electrons. The number of hydrogen-bond acceptors (Lipinski definition) is 4. The van der Waals surface area contributed by atoms with Crippen LogP contribution in [0.15, 0.2) is 35.7 Å². The highest BCUT2D eigenvalue weighted by atomic mass is 35.5. The fourth-order valence-electron chi connectivity index (χ4n) is 2.40. The van der Waals surface area contributed by atoms with Crippen LogP contribution in [0.5, 0.6) is 0 Å². The average molecular weight is 374 g/mol. The molecule has 0 bridgehead atoms. The van der Waals surface area contributed by atoms with Gasteiger partial charge < -0.3 is 0 Å². The van der Waals surface area contributed by atoms with Gasteiger partial charge in [0.05, 0.1) is 17.1 Å². The molecule has 0 radical (unpaired) electrons. The van der Waals surface area contributed by atoms with Gasteiger partial charge in [0.1, 0.15) is 5.69 Å². The molecule has 0 saturated heterocycles. The number of carbonyl (C=O) groups excluding carboxylic acids is 1. The second-order valence-electron chi connectivity index (χ2n) is 7.06. The summed E-state index contributed by atoms with van der Waals surface area (Å²) < 4.78 is 0. The van der Waals surface area contributed by atoms with Crippen LogP contribution < -0.4 is 0 Å². The third-order valence-corrected chi connectivity index (χ3v) is 4.96. The summed E-state index contributed by atoms with van der Waals surface area (Å²) in [6.07, 6.45) is 0.987. The number of ketones is 1. The molecule has 0 amide bonds. The molecule has 3 aromatic rings. The van der Waals surface area contributed by atoms with E-state index in [1.54, 1.807) is 0 Å². The minimum atomic E-state index is -0.0375. The van der Waals surface area contributed by atoms with E-state index in [2.05, 4.69) is 36.0 Å². The first-order chi connectivity index (χ1) is 11.8. The highest BCUT2D eigenvalue weighted by Gasteiger charge is 2.19. The first-order valence-electron chi connectivity index (χ1n) is 8.08. The summed E-state index contributed by atoms with van der Waals surface area (Å²) in [6.45, 7) is 6.29. The molecule has 6 heteroatoms. The minimum absolute atomic E-state index is 0.00251. The van der Waals surface area contributed by atoms with Crippen molar-refractivity contribution in [3.8, 4) is 0 Å². The Hall–Kier alpha value is -1.98. The van der Waals surface area contributed by atoms with E-state index in [0.29, 0.717) is 17.1 Å². The lowest BCUT2D eigenvalue weighted by molar-refractivity contribution is 0.0987. The average Bonchev–Trinajstić information content (AvgIpc) is 3.18. The van der Waals surface area contributed by atoms with Crippen molar-refractivity contribution in [3.05, 3.63) is 68.4 Å². The van der Waals surface area contributed by atoms with Gasteiger partial charge in [0.2, 0.25) is 0 Å². The maximum atomic E-state index is 12.5. The molecule has 0 unspecified atom stereocenters. The largest absolute Gasteiger partial charge is 0.292 e. The third-order valence-electron chi connectivity index (χ3n) is 3.86. The van der Waals surface area contributed by atoms with Gasteiger partial charge >= 0.3 is 0 Å². The Morgan fingerprint density at radius 2 is 1.96 bits per heavy atom. The second kappa shape index (κ2) is 7.10. The zero-order valence-corrected chi connectivity index (χ0v) is 16.0. The number of hydrogen-bond donors (Lipinski definition) is 1. The van der Waals surface area contributed by atoms with Crippen LogP contribution >= 0.6 is 22.9 Å². The molecular formula is C19H20ClN3OS. The maximum Gasteiger partial charge on any atom is 0.187 e. The van der Waals surface area contributed by atoms with Crippen molar-refractivity contribution in [1.29, 1.82) is 0 Å². The van der Waals surface area contributed by atoms with Crippen molar-refractivity contribution in [2.75, 3.05) is 0 Å². The lowest BCUT2D eigenvalue weighted by Gasteiger charge is -2.13. The van der Waals surface area contributed by atoms with Crippen LogP contribution in [0.3, 0.4) is 0 Å². The number of nitrogens with one attached hydrogen (secondary N) is 1. The summed E-state index contributed by atoms with van der Waals surface area (Å²) in [4.78, 5) is 16.9. The first-order valence-corrected chi connectivity index (χ1v) is 9.34. The van der Waals surface area contributed by atoms with E-state index in [0.717, 1.165) is 22.0 Å². The van der Waals surface area contributed by atoms with Crippen LogP contribution in [0.4, 0.5) is 0 Å². The predicted octanol–water partition coefficient (Wildman–Crippen LogP) is 4.83. The van der Waals surface area contributed by atoms with Gasteiger partial charge in [0, 0.05) is 27.9 Å². The Kier molecular flexibility index (Phi) is 5.06. The summed E-state index contributed by atoms with van der Waals surface area (Å²) >= 11 is 7.41. The Labute approximate surface area is 156 Å². The Balaban J connectivity index is 1.66. The Bertz CT molecular complexity index is 875. The Morgan fingerprint density at radius 1 is 1.24 bits per heavy atom. The number of rotatable bonds is 5. The molecule has 2 heterocycles. The van der Waals surface area contributed by atoms with E-state index >= 15 is 0 Å². The van der Waals surface area contributed by atoms with Gasteiger partial charge in [-0.1, -0.05) is 44.5 Å². The van der Waals surface area contributed by atoms with Crippen molar-refractivity contribution < 1.29 is 4.79 Å². The molecule has 1 N–H and O–H groups in total. The Morgan fingerprint density at radius 3 is 2.60 bits per heavy atom. The molecule has 0 aliphatic heterocycles. The number of H-pyrrole nitrogens is 1. The van der Waals surface area contributed by atoms with Crippen molar-refractivity contribution >= 4 is 28.7 Å². The van der Waals surface area contributed by atoms with Gasteiger partial charge in [0.25, 0.3) is 0 Å². The highest BCUT2D eigenvalue weighted by molar-refractivity contribution is 7.09. The lowest BCUT2D eigenvalue weighted by atomic mass is 9.92. The van der Waals surface area contributed by atoms with Crippen LogP contribution in [0.1, 0.15) is 53.2 Å². The van der Waals surface area contributed by atoms with Crippen molar-refractivity contribution in [2.45, 2.75) is 39.0 Å². The maximum absolute atomic E-state index is 12.5. The normalized spacial score (nSPS) is 11.7. The number of Topliss-reactive ketones (excluding diaryl/α,β-unsaturated/α-hetero) is 1. The van der Waals surface area contributed by atoms with Crippen molar-refractivity contribution in [1.82, 2.24) is 15.2 Å². The molecular weight excluding hydrogens is 354 g/mol. The van der Waals surface area contributed by atoms with E-state index in [4.69, 9.17) is 11.6 Å². The molecule has 0 saturated carbocycles. The third kappa shape index (κ3) is 4.55. The SMILES string of the molecule is CC(C)(C)c1cc(CC(=O)c2csc(Cc3ccc(Cl)cc3)n2)[nH]n1. The number of halogens is 1. The molecule has 3 rings (SSSR count). The zero-order chi connectivity index (χ0) is 18.0. The lowest BCUT2D eigenvalue weighted by Crippen LogP contribution is -2.11. The van der Waals surface area contributed by atoms with Gasteiger partial charge in [0.15, 0.2) is 5.78 Å². The van der Waals surface area contributed by atoms with Gasteiger partial charge in [-0.2, -0.15) is 5.10 Å². The summed E-state index contributed by atoms with van der Waals surface area (Å²) in [6, 6.07) is 9.63. The number of aromatic nitrogens is 3. The summed E-state index contributed by atoms with van der Waals surface area (Å²) in [5.41, 5.74) is 3.38. The van der Waals surface area contributed by atoms with Crippen LogP contribution in [0.2, 0.25) is 5.02 Å². The highest BCUT2D eigenvalue weighted by Crippen LogP contribution is 2.21. The molecule has 0 aliphatic carbocycles. The van der Waals surface area contributed by atoms with E-state index in [1.165, 1.54) is 11.3 Å². The quantitative estimate of drug-likeness (QED) is 0.651. The first kappa shape index (κ1) is 17.8. The van der Waals surface area contributed by atoms with E-state index < -0.39 is 0 Å². The molecule has 2 aromatic heterocycles. The summed E-state index contributed by atoms with van der Waals surface area (Å²) in [5, 5.41) is 10.7. The van der Waals surface area contributed by atoms with Crippen LogP contribution in [0.25, 0.3) is 0 Å². The zero-order valence-electron chi connectivity index (χ0n) is 14.5. The monoisotopic (exact) mass is 373 g/mol. The van der Waals surface area contributed by atoms with Crippen LogP contribution in [-0.4, -0.2) is 21.0 Å². The molecule has 4 nitrogen and oxygen atoms in total. The minimum Gasteiger partial charge on any atom is -0.292 e. The van der Waals surface area contributed by atoms with Crippen molar-refractivity contribution in [2.24, 2.45) is 0 Å². The molecule has 0 atom stereocenters. The fourth-order valence-corrected chi connectivity index (χ4v) is 3.36. The predicted molar refractivity (Wildman–Crippen MR) is 102 cm³/mol. The number of benzene rings is 1. The molecule has 1 aromatic carbocycles. The van der Waals surface area contributed by atoms with Gasteiger partial charge in [-0.15, -0.1) is 11.3 Å². The van der Waals surface area contributed by atoms with E-state index in [1.807, 2.05) is 35.7 Å². The van der Waals surface area contributed by atoms with Crippen LogP contribution in [-0.2, 0) is 18.3 Å². The van der Waals surface area contributed by atoms with Crippen LogP contribution in [0, 0.1) is 0 Å². The molecule has 0 aliphatic rings. The standard InChI is InChI=1S/C19H20ClN3OS/c1-19(2,3)17-10-14(22-23-17)9-16(24)15-11-25-18(21-15)8-12-4-6-13(20)7-5-12/h4-7,10-11H,8-9H2,1-3H3,(H,22,23). The number of aromatic amines is 1. The molecule has 0 spiro atoms. The fraction of sp³-hybridized carbons (Fsp3) is 0.316. The topological polar surface area (TPSA) is 58.6 Å². The molecule has 0 fully saturated rings. The molecule has 25 heavy (non-hydrogen) atoms. The number of thiazole rings is 1. The van der Waals surface area contributed by atoms with Crippen molar-refractivity contribution in [3.63, 3.8) is 0 Å². The van der Waals surface area contributed by atoms with E-state index in [9.17, 15) is 4.79 Å². The number of nitrogens with zero attached hydrogens (tertiary/aromatic N) is 2. The van der Waals surface area contributed by atoms with Gasteiger partial charge in [-0.25, -0.2) is 4.98 Å².